The molecule has 1 amide bonds. The summed E-state index contributed by atoms with van der Waals surface area (Å²) in [5.74, 6) is -0.412. The Morgan fingerprint density at radius 1 is 1.19 bits per heavy atom. The lowest BCUT2D eigenvalue weighted by molar-refractivity contribution is 0.0730. The van der Waals surface area contributed by atoms with Gasteiger partial charge in [-0.3, -0.25) is 4.79 Å². The first kappa shape index (κ1) is 17.6. The third kappa shape index (κ3) is 3.42. The molecule has 4 rings (SSSR count). The zero-order chi connectivity index (χ0) is 18.9. The van der Waals surface area contributed by atoms with E-state index in [0.29, 0.717) is 43.2 Å². The number of nitrogens with one attached hydrogen (secondary N) is 1. The molecule has 0 saturated carbocycles. The van der Waals surface area contributed by atoms with Crippen LogP contribution in [0.3, 0.4) is 0 Å². The van der Waals surface area contributed by atoms with Crippen molar-refractivity contribution in [3.63, 3.8) is 0 Å². The van der Waals surface area contributed by atoms with E-state index >= 15 is 0 Å². The van der Waals surface area contributed by atoms with E-state index in [9.17, 15) is 13.2 Å². The van der Waals surface area contributed by atoms with Gasteiger partial charge in [-0.15, -0.1) is 0 Å². The summed E-state index contributed by atoms with van der Waals surface area (Å²) >= 11 is 0. The molecule has 0 unspecified atom stereocenters. The van der Waals surface area contributed by atoms with Crippen LogP contribution in [0.2, 0.25) is 0 Å². The molecule has 1 aromatic carbocycles. The van der Waals surface area contributed by atoms with Crippen molar-refractivity contribution >= 4 is 27.3 Å². The van der Waals surface area contributed by atoms with Crippen molar-refractivity contribution in [3.05, 3.63) is 54.5 Å². The Morgan fingerprint density at radius 3 is 2.81 bits per heavy atom. The molecule has 0 bridgehead atoms. The molecule has 2 aromatic heterocycles. The Kier molecular flexibility index (Phi) is 4.60. The van der Waals surface area contributed by atoms with Gasteiger partial charge < -0.3 is 10.1 Å². The smallest absolute Gasteiger partial charge is 0.261 e. The summed E-state index contributed by atoms with van der Waals surface area (Å²) in [7, 11) is -3.64. The zero-order valence-electron chi connectivity index (χ0n) is 14.3. The lowest BCUT2D eigenvalue weighted by Gasteiger charge is -2.26. The molecule has 140 valence electrons. The monoisotopic (exact) mass is 387 g/mol. The number of nitrogens with zero attached hydrogens (tertiary/aromatic N) is 4. The summed E-state index contributed by atoms with van der Waals surface area (Å²) in [5.41, 5.74) is 1.11. The molecule has 10 heteroatoms. The minimum atomic E-state index is -3.64. The predicted molar refractivity (Wildman–Crippen MR) is 97.0 cm³/mol. The molecular formula is C17H17N5O4S. The number of carbonyl (C=O) groups is 1. The highest BCUT2D eigenvalue weighted by molar-refractivity contribution is 7.89. The number of aromatic nitrogens is 3. The minimum Gasteiger partial charge on any atom is -0.379 e. The third-order valence-electron chi connectivity index (χ3n) is 4.22. The number of rotatable bonds is 4. The molecule has 27 heavy (non-hydrogen) atoms. The normalized spacial score (nSPS) is 15.7. The van der Waals surface area contributed by atoms with E-state index < -0.39 is 15.9 Å². The van der Waals surface area contributed by atoms with E-state index in [1.54, 1.807) is 30.6 Å². The fourth-order valence-corrected chi connectivity index (χ4v) is 4.31. The van der Waals surface area contributed by atoms with Crippen molar-refractivity contribution in [1.29, 1.82) is 0 Å². The molecule has 1 fully saturated rings. The van der Waals surface area contributed by atoms with Gasteiger partial charge in [0.15, 0.2) is 5.65 Å². The van der Waals surface area contributed by atoms with Gasteiger partial charge in [0.25, 0.3) is 5.91 Å². The van der Waals surface area contributed by atoms with Crippen LogP contribution in [0, 0.1) is 0 Å². The first-order valence-electron chi connectivity index (χ1n) is 8.33. The lowest BCUT2D eigenvalue weighted by Crippen LogP contribution is -2.40. The second kappa shape index (κ2) is 7.06. The van der Waals surface area contributed by atoms with Crippen LogP contribution in [0.25, 0.3) is 5.65 Å². The standard InChI is InChI=1S/C17H17N5O4S/c23-17(15-12-19-22-6-2-5-18-16(15)22)20-13-3-1-4-14(11-13)27(24,25)21-7-9-26-10-8-21/h1-6,11-12H,7-10H2,(H,20,23). The van der Waals surface area contributed by atoms with E-state index in [1.165, 1.54) is 27.2 Å². The largest absolute Gasteiger partial charge is 0.379 e. The van der Waals surface area contributed by atoms with Crippen LogP contribution in [0.5, 0.6) is 0 Å². The number of hydrogen-bond donors (Lipinski definition) is 1. The van der Waals surface area contributed by atoms with Gasteiger partial charge >= 0.3 is 0 Å². The van der Waals surface area contributed by atoms with Crippen LogP contribution in [0.4, 0.5) is 5.69 Å². The maximum Gasteiger partial charge on any atom is 0.261 e. The Labute approximate surface area is 155 Å². The number of fused-ring (bicyclic) bond motifs is 1. The summed E-state index contributed by atoms with van der Waals surface area (Å²) in [6.07, 6.45) is 4.68. The predicted octanol–water partition coefficient (Wildman–Crippen LogP) is 1.00. The molecule has 1 aliphatic heterocycles. The van der Waals surface area contributed by atoms with Crippen LogP contribution >= 0.6 is 0 Å². The highest BCUT2D eigenvalue weighted by atomic mass is 32.2. The number of amides is 1. The van der Waals surface area contributed by atoms with Crippen LogP contribution in [-0.2, 0) is 14.8 Å². The Morgan fingerprint density at radius 2 is 2.00 bits per heavy atom. The van der Waals surface area contributed by atoms with E-state index in [2.05, 4.69) is 15.4 Å². The van der Waals surface area contributed by atoms with Crippen molar-refractivity contribution in [2.45, 2.75) is 4.90 Å². The average Bonchev–Trinajstić information content (AvgIpc) is 3.13. The SMILES string of the molecule is O=C(Nc1cccc(S(=O)(=O)N2CCOCC2)c1)c1cnn2cccnc12. The molecule has 0 atom stereocenters. The van der Waals surface area contributed by atoms with Crippen molar-refractivity contribution in [1.82, 2.24) is 18.9 Å². The molecule has 0 spiro atoms. The maximum absolute atomic E-state index is 12.8. The second-order valence-electron chi connectivity index (χ2n) is 5.94. The number of sulfonamides is 1. The molecular weight excluding hydrogens is 370 g/mol. The summed E-state index contributed by atoms with van der Waals surface area (Å²) in [4.78, 5) is 16.8. The minimum absolute atomic E-state index is 0.125. The molecule has 0 aliphatic carbocycles. The van der Waals surface area contributed by atoms with Gasteiger partial charge in [0.1, 0.15) is 5.56 Å². The number of morpholine rings is 1. The molecule has 3 heterocycles. The zero-order valence-corrected chi connectivity index (χ0v) is 15.1. The number of carbonyl (C=O) groups excluding carboxylic acids is 1. The van der Waals surface area contributed by atoms with Gasteiger partial charge in [-0.25, -0.2) is 17.9 Å². The second-order valence-corrected chi connectivity index (χ2v) is 7.88. The Hall–Kier alpha value is -2.82. The fraction of sp³-hybridized carbons (Fsp3) is 0.235. The maximum atomic E-state index is 12.8. The van der Waals surface area contributed by atoms with Crippen LogP contribution in [-0.4, -0.2) is 59.5 Å². The van der Waals surface area contributed by atoms with Gasteiger partial charge in [-0.2, -0.15) is 9.40 Å². The summed E-state index contributed by atoms with van der Waals surface area (Å²) in [6, 6.07) is 7.90. The van der Waals surface area contributed by atoms with Gasteiger partial charge in [-0.1, -0.05) is 6.07 Å². The topological polar surface area (TPSA) is 106 Å². The molecule has 0 radical (unpaired) electrons. The van der Waals surface area contributed by atoms with Crippen molar-refractivity contribution in [2.24, 2.45) is 0 Å². The molecule has 1 aliphatic rings. The number of anilines is 1. The van der Waals surface area contributed by atoms with Crippen molar-refractivity contribution < 1.29 is 17.9 Å². The summed E-state index contributed by atoms with van der Waals surface area (Å²) in [6.45, 7) is 1.37. The van der Waals surface area contributed by atoms with Gasteiger partial charge in [0.05, 0.1) is 24.3 Å². The first-order valence-corrected chi connectivity index (χ1v) is 9.77. The fourth-order valence-electron chi connectivity index (χ4n) is 2.86. The van der Waals surface area contributed by atoms with Crippen LogP contribution in [0.1, 0.15) is 10.4 Å². The highest BCUT2D eigenvalue weighted by Crippen LogP contribution is 2.21. The Balaban J connectivity index is 1.58. The van der Waals surface area contributed by atoms with Crippen LogP contribution in [0.15, 0.2) is 53.8 Å². The first-order chi connectivity index (χ1) is 13.1. The van der Waals surface area contributed by atoms with E-state index in [-0.39, 0.29) is 4.90 Å². The van der Waals surface area contributed by atoms with Gasteiger partial charge in [0.2, 0.25) is 10.0 Å². The number of hydrogen-bond acceptors (Lipinski definition) is 6. The summed E-state index contributed by atoms with van der Waals surface area (Å²) < 4.78 is 33.6. The van der Waals surface area contributed by atoms with E-state index in [0.717, 1.165) is 0 Å². The van der Waals surface area contributed by atoms with Gasteiger partial charge in [-0.05, 0) is 24.3 Å². The van der Waals surface area contributed by atoms with Crippen molar-refractivity contribution in [2.75, 3.05) is 31.6 Å². The molecule has 1 saturated heterocycles. The molecule has 1 N–H and O–H groups in total. The average molecular weight is 387 g/mol. The lowest BCUT2D eigenvalue weighted by atomic mass is 10.2. The van der Waals surface area contributed by atoms with Crippen molar-refractivity contribution in [3.8, 4) is 0 Å². The van der Waals surface area contributed by atoms with E-state index in [4.69, 9.17) is 4.74 Å². The number of benzene rings is 1. The Bertz CT molecular complexity index is 1090. The summed E-state index contributed by atoms with van der Waals surface area (Å²) in [5, 5.41) is 6.79. The molecule has 9 nitrogen and oxygen atoms in total. The van der Waals surface area contributed by atoms with Gasteiger partial charge in [0, 0.05) is 31.2 Å². The van der Waals surface area contributed by atoms with E-state index in [1.807, 2.05) is 0 Å². The van der Waals surface area contributed by atoms with Crippen LogP contribution < -0.4 is 5.32 Å². The highest BCUT2D eigenvalue weighted by Gasteiger charge is 2.26. The number of ether oxygens (including phenoxy) is 1. The third-order valence-corrected chi connectivity index (χ3v) is 6.12. The molecule has 3 aromatic rings. The quantitative estimate of drug-likeness (QED) is 0.716.